The van der Waals surface area contributed by atoms with Gasteiger partial charge in [-0.3, -0.25) is 4.79 Å². The second-order valence-electron chi connectivity index (χ2n) is 6.42. The number of nitrogens with one attached hydrogen (secondary N) is 2. The Labute approximate surface area is 163 Å². The first-order valence-corrected chi connectivity index (χ1v) is 9.38. The van der Waals surface area contributed by atoms with Crippen molar-refractivity contribution in [3.05, 3.63) is 52.3 Å². The van der Waals surface area contributed by atoms with Gasteiger partial charge in [-0.05, 0) is 30.7 Å². The number of hydrogen-bond acceptors (Lipinski definition) is 4. The number of aromatic nitrogens is 2. The Morgan fingerprint density at radius 2 is 1.96 bits per heavy atom. The Balaban J connectivity index is 1.48. The van der Waals surface area contributed by atoms with Gasteiger partial charge in [-0.2, -0.15) is 0 Å². The van der Waals surface area contributed by atoms with Gasteiger partial charge in [0.25, 0.3) is 5.91 Å². The molecule has 3 rings (SSSR count). The van der Waals surface area contributed by atoms with Crippen molar-refractivity contribution in [2.75, 3.05) is 37.6 Å². The molecule has 2 N–H and O–H groups in total. The number of anilines is 1. The summed E-state index contributed by atoms with van der Waals surface area (Å²) in [5.74, 6) is 0.768. The van der Waals surface area contributed by atoms with Gasteiger partial charge < -0.3 is 15.1 Å². The van der Waals surface area contributed by atoms with E-state index in [2.05, 4.69) is 20.2 Å². The Kier molecular flexibility index (Phi) is 6.29. The van der Waals surface area contributed by atoms with Gasteiger partial charge >= 0.3 is 0 Å². The molecular formula is C18H22Cl2N5O+. The second kappa shape index (κ2) is 8.66. The predicted molar refractivity (Wildman–Crippen MR) is 103 cm³/mol. The Bertz CT molecular complexity index is 751. The van der Waals surface area contributed by atoms with Crippen LogP contribution in [-0.4, -0.2) is 48.6 Å². The van der Waals surface area contributed by atoms with Crippen LogP contribution in [0.15, 0.2) is 36.7 Å². The summed E-state index contributed by atoms with van der Waals surface area (Å²) < 4.78 is 0. The topological polar surface area (TPSA) is 62.6 Å². The van der Waals surface area contributed by atoms with E-state index in [0.717, 1.165) is 37.7 Å². The van der Waals surface area contributed by atoms with Crippen LogP contribution < -0.4 is 15.1 Å². The molecule has 1 aromatic carbocycles. The van der Waals surface area contributed by atoms with Gasteiger partial charge in [-0.15, -0.1) is 0 Å². The highest BCUT2D eigenvalue weighted by Crippen LogP contribution is 2.25. The molecule has 0 bridgehead atoms. The molecule has 6 nitrogen and oxygen atoms in total. The molecule has 1 fully saturated rings. The SMILES string of the molecule is C[C@H](NC(=O)C[NH+]1CCN(c2ncccn2)CC1)c1ccc(Cl)cc1Cl. The van der Waals surface area contributed by atoms with Crippen LogP contribution in [-0.2, 0) is 4.79 Å². The van der Waals surface area contributed by atoms with Crippen molar-refractivity contribution in [3.8, 4) is 0 Å². The van der Waals surface area contributed by atoms with E-state index < -0.39 is 0 Å². The third-order valence-corrected chi connectivity index (χ3v) is 5.09. The number of benzene rings is 1. The molecule has 8 heteroatoms. The summed E-state index contributed by atoms with van der Waals surface area (Å²) in [5, 5.41) is 4.17. The van der Waals surface area contributed by atoms with E-state index >= 15 is 0 Å². The molecule has 0 spiro atoms. The fraction of sp³-hybridized carbons (Fsp3) is 0.389. The van der Waals surface area contributed by atoms with E-state index in [-0.39, 0.29) is 11.9 Å². The number of amides is 1. The van der Waals surface area contributed by atoms with Gasteiger partial charge in [0.2, 0.25) is 5.95 Å². The van der Waals surface area contributed by atoms with Gasteiger partial charge in [0.05, 0.1) is 32.2 Å². The molecule has 2 aromatic rings. The molecule has 0 aliphatic carbocycles. The molecule has 26 heavy (non-hydrogen) atoms. The number of carbonyl (C=O) groups is 1. The first-order chi connectivity index (χ1) is 12.5. The average molecular weight is 395 g/mol. The molecule has 1 aliphatic heterocycles. The number of quaternary nitrogens is 1. The van der Waals surface area contributed by atoms with Crippen LogP contribution in [0, 0.1) is 0 Å². The van der Waals surface area contributed by atoms with Crippen LogP contribution in [0.25, 0.3) is 0 Å². The van der Waals surface area contributed by atoms with Gasteiger partial charge in [-0.1, -0.05) is 29.3 Å². The van der Waals surface area contributed by atoms with Gasteiger partial charge in [0.15, 0.2) is 6.54 Å². The summed E-state index contributed by atoms with van der Waals surface area (Å²) in [6, 6.07) is 6.97. The van der Waals surface area contributed by atoms with Crippen LogP contribution >= 0.6 is 23.2 Å². The fourth-order valence-electron chi connectivity index (χ4n) is 3.10. The number of hydrogen-bond donors (Lipinski definition) is 2. The zero-order chi connectivity index (χ0) is 18.5. The summed E-state index contributed by atoms with van der Waals surface area (Å²) in [4.78, 5) is 24.3. The summed E-state index contributed by atoms with van der Waals surface area (Å²) >= 11 is 12.1. The summed E-state index contributed by atoms with van der Waals surface area (Å²) in [5.41, 5.74) is 0.866. The maximum Gasteiger partial charge on any atom is 0.275 e. The lowest BCUT2D eigenvalue weighted by Gasteiger charge is -2.32. The Morgan fingerprint density at radius 3 is 2.62 bits per heavy atom. The van der Waals surface area contributed by atoms with E-state index in [4.69, 9.17) is 23.2 Å². The molecule has 1 aromatic heterocycles. The quantitative estimate of drug-likeness (QED) is 0.803. The molecule has 1 amide bonds. The van der Waals surface area contributed by atoms with Crippen LogP contribution in [0.4, 0.5) is 5.95 Å². The van der Waals surface area contributed by atoms with Crippen LogP contribution in [0.1, 0.15) is 18.5 Å². The zero-order valence-electron chi connectivity index (χ0n) is 14.6. The minimum atomic E-state index is -0.161. The maximum absolute atomic E-state index is 12.4. The highest BCUT2D eigenvalue weighted by molar-refractivity contribution is 6.35. The molecule has 2 heterocycles. The number of carbonyl (C=O) groups excluding carboxylic acids is 1. The summed E-state index contributed by atoms with van der Waals surface area (Å²) in [6.45, 7) is 5.80. The number of rotatable bonds is 5. The smallest absolute Gasteiger partial charge is 0.275 e. The van der Waals surface area contributed by atoms with Crippen LogP contribution in [0.3, 0.4) is 0 Å². The van der Waals surface area contributed by atoms with Crippen LogP contribution in [0.2, 0.25) is 10.0 Å². The Morgan fingerprint density at radius 1 is 1.27 bits per heavy atom. The van der Waals surface area contributed by atoms with Crippen molar-refractivity contribution >= 4 is 35.1 Å². The van der Waals surface area contributed by atoms with Crippen LogP contribution in [0.5, 0.6) is 0 Å². The standard InChI is InChI=1S/C18H21Cl2N5O/c1-13(15-4-3-14(19)11-16(15)20)23-17(26)12-24-7-9-25(10-8-24)18-21-5-2-6-22-18/h2-6,11,13H,7-10,12H2,1H3,(H,23,26)/p+1/t13-/m0/s1. The molecule has 0 unspecified atom stereocenters. The van der Waals surface area contributed by atoms with E-state index in [9.17, 15) is 4.79 Å². The number of piperazine rings is 1. The normalized spacial score (nSPS) is 16.3. The summed E-state index contributed by atoms with van der Waals surface area (Å²) in [6.07, 6.45) is 3.50. The van der Waals surface area contributed by atoms with E-state index in [0.29, 0.717) is 16.6 Å². The minimum Gasteiger partial charge on any atom is -0.345 e. The predicted octanol–water partition coefficient (Wildman–Crippen LogP) is 1.37. The molecule has 0 saturated carbocycles. The van der Waals surface area contributed by atoms with Gasteiger partial charge in [0.1, 0.15) is 0 Å². The maximum atomic E-state index is 12.4. The highest BCUT2D eigenvalue weighted by Gasteiger charge is 2.24. The third-order valence-electron chi connectivity index (χ3n) is 4.52. The number of halogens is 2. The van der Waals surface area contributed by atoms with Crippen molar-refractivity contribution < 1.29 is 9.69 Å². The van der Waals surface area contributed by atoms with E-state index in [1.807, 2.05) is 19.1 Å². The molecule has 1 saturated heterocycles. The lowest BCUT2D eigenvalue weighted by Crippen LogP contribution is -3.16. The fourth-order valence-corrected chi connectivity index (χ4v) is 3.68. The van der Waals surface area contributed by atoms with Crippen molar-refractivity contribution in [3.63, 3.8) is 0 Å². The monoisotopic (exact) mass is 394 g/mol. The third kappa shape index (κ3) is 4.84. The van der Waals surface area contributed by atoms with Crippen molar-refractivity contribution in [2.45, 2.75) is 13.0 Å². The highest BCUT2D eigenvalue weighted by atomic mass is 35.5. The van der Waals surface area contributed by atoms with E-state index in [1.165, 1.54) is 4.90 Å². The molecule has 138 valence electrons. The van der Waals surface area contributed by atoms with E-state index in [1.54, 1.807) is 24.5 Å². The van der Waals surface area contributed by atoms with Crippen molar-refractivity contribution in [2.24, 2.45) is 0 Å². The first-order valence-electron chi connectivity index (χ1n) is 8.63. The first kappa shape index (κ1) is 18.9. The van der Waals surface area contributed by atoms with Gasteiger partial charge in [-0.25, -0.2) is 9.97 Å². The minimum absolute atomic E-state index is 0.0166. The molecule has 0 radical (unpaired) electrons. The van der Waals surface area contributed by atoms with Crippen molar-refractivity contribution in [1.29, 1.82) is 0 Å². The average Bonchev–Trinajstić information content (AvgIpc) is 2.63. The zero-order valence-corrected chi connectivity index (χ0v) is 16.1. The van der Waals surface area contributed by atoms with Gasteiger partial charge in [0, 0.05) is 22.4 Å². The molecule has 1 aliphatic rings. The second-order valence-corrected chi connectivity index (χ2v) is 7.26. The Hall–Kier alpha value is -1.89. The largest absolute Gasteiger partial charge is 0.345 e. The number of nitrogens with zero attached hydrogens (tertiary/aromatic N) is 3. The van der Waals surface area contributed by atoms with Crippen molar-refractivity contribution in [1.82, 2.24) is 15.3 Å². The lowest BCUT2D eigenvalue weighted by molar-refractivity contribution is -0.892. The molecule has 1 atom stereocenters. The summed E-state index contributed by atoms with van der Waals surface area (Å²) in [7, 11) is 0. The molecular weight excluding hydrogens is 373 g/mol. The lowest BCUT2D eigenvalue weighted by atomic mass is 10.1.